The molecule has 0 aliphatic rings. The van der Waals surface area contributed by atoms with Crippen LogP contribution < -0.4 is 15.8 Å². The van der Waals surface area contributed by atoms with Gasteiger partial charge in [0, 0.05) is 18.0 Å². The van der Waals surface area contributed by atoms with Gasteiger partial charge in [0.15, 0.2) is 0 Å². The highest BCUT2D eigenvalue weighted by Crippen LogP contribution is 2.11. The van der Waals surface area contributed by atoms with Crippen molar-refractivity contribution in [3.8, 4) is 11.4 Å². The van der Waals surface area contributed by atoms with Crippen molar-refractivity contribution in [2.24, 2.45) is 0 Å². The summed E-state index contributed by atoms with van der Waals surface area (Å²) >= 11 is 0. The summed E-state index contributed by atoms with van der Waals surface area (Å²) in [4.78, 5) is 12.2. The predicted molar refractivity (Wildman–Crippen MR) is 91.0 cm³/mol. The molecule has 108 valence electrons. The zero-order valence-corrected chi connectivity index (χ0v) is 12.4. The predicted octanol–water partition coefficient (Wildman–Crippen LogP) is 1.67. The maximum Gasteiger partial charge on any atom is 0.255 e. The lowest BCUT2D eigenvalue weighted by Gasteiger charge is -2.09. The molecule has 0 aliphatic carbocycles. The summed E-state index contributed by atoms with van der Waals surface area (Å²) in [5.41, 5.74) is 2.84. The molecule has 0 amide bonds. The lowest BCUT2D eigenvalue weighted by molar-refractivity contribution is 0.306. The number of para-hydroxylation sites is 1. The van der Waals surface area contributed by atoms with Crippen molar-refractivity contribution in [2.75, 3.05) is 0 Å². The molecule has 3 nitrogen and oxygen atoms in total. The van der Waals surface area contributed by atoms with Crippen LogP contribution in [0.2, 0.25) is 0 Å². The summed E-state index contributed by atoms with van der Waals surface area (Å²) in [5, 5.41) is 0. The zero-order chi connectivity index (χ0) is 15.4. The molecule has 0 aliphatic heterocycles. The Bertz CT molecular complexity index is 810. The van der Waals surface area contributed by atoms with E-state index >= 15 is 0 Å². The largest absolute Gasteiger partial charge is 0.489 e. The Kier molecular flexibility index (Phi) is 4.10. The van der Waals surface area contributed by atoms with Crippen LogP contribution in [0.1, 0.15) is 5.56 Å². The topological polar surface area (TPSA) is 31.2 Å². The van der Waals surface area contributed by atoms with Gasteiger partial charge in [-0.25, -0.2) is 0 Å². The summed E-state index contributed by atoms with van der Waals surface area (Å²) in [6.45, 7) is 0.383. The molecular formula is C18H16BNO2. The molecule has 0 radical (unpaired) electrons. The highest BCUT2D eigenvalue weighted by atomic mass is 16.5. The van der Waals surface area contributed by atoms with Gasteiger partial charge >= 0.3 is 0 Å². The monoisotopic (exact) mass is 289 g/mol. The molecule has 0 atom stereocenters. The fourth-order valence-electron chi connectivity index (χ4n) is 2.21. The normalized spacial score (nSPS) is 10.4. The highest BCUT2D eigenvalue weighted by Gasteiger charge is 2.02. The third kappa shape index (κ3) is 3.28. The average Bonchev–Trinajstić information content (AvgIpc) is 2.55. The number of hydrogen-bond acceptors (Lipinski definition) is 2. The lowest BCUT2D eigenvalue weighted by atomic mass is 9.96. The second-order valence-electron chi connectivity index (χ2n) is 5.18. The third-order valence-electron chi connectivity index (χ3n) is 3.44. The van der Waals surface area contributed by atoms with E-state index in [0.717, 1.165) is 17.0 Å². The first kappa shape index (κ1) is 14.2. The number of ether oxygens (including phenoxy) is 1. The molecule has 3 rings (SSSR count). The van der Waals surface area contributed by atoms with Gasteiger partial charge in [0.2, 0.25) is 0 Å². The van der Waals surface area contributed by atoms with Crippen molar-refractivity contribution in [3.63, 3.8) is 0 Å². The van der Waals surface area contributed by atoms with Gasteiger partial charge in [-0.15, -0.1) is 0 Å². The third-order valence-corrected chi connectivity index (χ3v) is 3.44. The van der Waals surface area contributed by atoms with Crippen LogP contribution in [0.3, 0.4) is 0 Å². The second kappa shape index (κ2) is 6.35. The first-order chi connectivity index (χ1) is 10.7. The van der Waals surface area contributed by atoms with Crippen molar-refractivity contribution >= 4 is 13.3 Å². The molecule has 4 heteroatoms. The van der Waals surface area contributed by atoms with Crippen LogP contribution in [0.4, 0.5) is 0 Å². The first-order valence-corrected chi connectivity index (χ1v) is 7.19. The number of benzene rings is 2. The van der Waals surface area contributed by atoms with E-state index in [1.807, 2.05) is 68.5 Å². The average molecular weight is 289 g/mol. The van der Waals surface area contributed by atoms with Crippen molar-refractivity contribution in [1.82, 2.24) is 4.57 Å². The Labute approximate surface area is 130 Å². The van der Waals surface area contributed by atoms with Crippen molar-refractivity contribution < 1.29 is 4.74 Å². The van der Waals surface area contributed by atoms with Gasteiger partial charge in [-0.1, -0.05) is 35.8 Å². The van der Waals surface area contributed by atoms with E-state index in [-0.39, 0.29) is 5.56 Å². The molecular weight excluding hydrogens is 273 g/mol. The van der Waals surface area contributed by atoms with E-state index in [1.165, 1.54) is 5.46 Å². The molecule has 1 aromatic heterocycles. The SMILES string of the molecule is Bc1ccc(-n2ccc(COc3ccccc3)cc2=O)cc1. The van der Waals surface area contributed by atoms with Gasteiger partial charge in [0.25, 0.3) is 5.56 Å². The minimum absolute atomic E-state index is 0.0574. The number of aromatic nitrogens is 1. The number of hydrogen-bond donors (Lipinski definition) is 0. The molecule has 0 spiro atoms. The van der Waals surface area contributed by atoms with E-state index < -0.39 is 0 Å². The Morgan fingerprint density at radius 2 is 1.68 bits per heavy atom. The van der Waals surface area contributed by atoms with Crippen LogP contribution in [-0.4, -0.2) is 12.4 Å². The molecule has 1 heterocycles. The van der Waals surface area contributed by atoms with Gasteiger partial charge in [0.1, 0.15) is 20.2 Å². The molecule has 2 aromatic carbocycles. The minimum Gasteiger partial charge on any atom is -0.489 e. The maximum atomic E-state index is 12.2. The fraction of sp³-hybridized carbons (Fsp3) is 0.0556. The van der Waals surface area contributed by atoms with Crippen molar-refractivity contribution in [3.05, 3.63) is 88.8 Å². The number of rotatable bonds is 4. The van der Waals surface area contributed by atoms with E-state index in [1.54, 1.807) is 16.8 Å². The number of pyridine rings is 1. The van der Waals surface area contributed by atoms with Crippen LogP contribution in [0.5, 0.6) is 5.75 Å². The van der Waals surface area contributed by atoms with Crippen molar-refractivity contribution in [1.29, 1.82) is 0 Å². The summed E-state index contributed by atoms with van der Waals surface area (Å²) in [6.07, 6.45) is 1.79. The van der Waals surface area contributed by atoms with Crippen LogP contribution in [0.15, 0.2) is 77.7 Å². The van der Waals surface area contributed by atoms with E-state index in [0.29, 0.717) is 6.61 Å². The molecule has 22 heavy (non-hydrogen) atoms. The van der Waals surface area contributed by atoms with Crippen LogP contribution in [0.25, 0.3) is 5.69 Å². The summed E-state index contributed by atoms with van der Waals surface area (Å²) in [7, 11) is 2.02. The summed E-state index contributed by atoms with van der Waals surface area (Å²) < 4.78 is 7.29. The zero-order valence-electron chi connectivity index (χ0n) is 12.4. The Morgan fingerprint density at radius 3 is 2.36 bits per heavy atom. The van der Waals surface area contributed by atoms with E-state index in [9.17, 15) is 4.79 Å². The summed E-state index contributed by atoms with van der Waals surface area (Å²) in [6, 6.07) is 21.0. The molecule has 0 bridgehead atoms. The van der Waals surface area contributed by atoms with E-state index in [4.69, 9.17) is 4.74 Å². The first-order valence-electron chi connectivity index (χ1n) is 7.19. The lowest BCUT2D eigenvalue weighted by Crippen LogP contribution is -2.18. The Balaban J connectivity index is 1.77. The van der Waals surface area contributed by atoms with E-state index in [2.05, 4.69) is 0 Å². The smallest absolute Gasteiger partial charge is 0.255 e. The Hall–Kier alpha value is -2.75. The minimum atomic E-state index is -0.0574. The molecule has 0 saturated heterocycles. The van der Waals surface area contributed by atoms with Gasteiger partial charge in [0.05, 0.1) is 0 Å². The van der Waals surface area contributed by atoms with Gasteiger partial charge in [-0.3, -0.25) is 9.36 Å². The Morgan fingerprint density at radius 1 is 0.955 bits per heavy atom. The quantitative estimate of drug-likeness (QED) is 0.684. The van der Waals surface area contributed by atoms with Gasteiger partial charge in [-0.05, 0) is 35.9 Å². The number of nitrogens with zero attached hydrogens (tertiary/aromatic N) is 1. The standard InChI is InChI=1S/C18H16BNO2/c19-15-6-8-16(9-7-15)20-11-10-14(12-18(20)21)13-22-17-4-2-1-3-5-17/h1-12H,13,19H2. The second-order valence-corrected chi connectivity index (χ2v) is 5.18. The summed E-state index contributed by atoms with van der Waals surface area (Å²) in [5.74, 6) is 0.796. The maximum absolute atomic E-state index is 12.2. The molecule has 0 N–H and O–H groups in total. The molecule has 3 aromatic rings. The van der Waals surface area contributed by atoms with Crippen LogP contribution in [-0.2, 0) is 6.61 Å². The van der Waals surface area contributed by atoms with Crippen LogP contribution in [0, 0.1) is 0 Å². The molecule has 0 unspecified atom stereocenters. The van der Waals surface area contributed by atoms with Gasteiger partial charge < -0.3 is 4.74 Å². The molecule has 0 saturated carbocycles. The van der Waals surface area contributed by atoms with Crippen molar-refractivity contribution in [2.45, 2.75) is 6.61 Å². The highest BCUT2D eigenvalue weighted by molar-refractivity contribution is 6.32. The fourth-order valence-corrected chi connectivity index (χ4v) is 2.21. The van der Waals surface area contributed by atoms with Crippen LogP contribution >= 0.6 is 0 Å². The molecule has 0 fully saturated rings. The van der Waals surface area contributed by atoms with Gasteiger partial charge in [-0.2, -0.15) is 0 Å².